The highest BCUT2D eigenvalue weighted by Gasteiger charge is 2.26. The lowest BCUT2D eigenvalue weighted by Gasteiger charge is -2.05. The molecule has 1 aromatic carbocycles. The molecule has 3 aromatic rings. The molecule has 1 amide bonds. The number of hydrogen-bond donors (Lipinski definition) is 2. The maximum Gasteiger partial charge on any atom is 0.294 e. The van der Waals surface area contributed by atoms with Gasteiger partial charge in [-0.25, -0.2) is 10.1 Å². The summed E-state index contributed by atoms with van der Waals surface area (Å²) in [6, 6.07) is 5.62. The third-order valence-corrected chi connectivity index (χ3v) is 4.60. The van der Waals surface area contributed by atoms with E-state index in [9.17, 15) is 14.9 Å². The van der Waals surface area contributed by atoms with Gasteiger partial charge in [0, 0.05) is 23.9 Å². The van der Waals surface area contributed by atoms with Crippen molar-refractivity contribution in [3.05, 3.63) is 63.4 Å². The summed E-state index contributed by atoms with van der Waals surface area (Å²) in [5.41, 5.74) is 10.5. The van der Waals surface area contributed by atoms with Gasteiger partial charge in [-0.05, 0) is 50.0 Å². The minimum absolute atomic E-state index is 0.0218. The number of nitrogens with one attached hydrogen (secondary N) is 1. The number of benzene rings is 1. The summed E-state index contributed by atoms with van der Waals surface area (Å²) < 4.78 is 5.73. The number of carbonyl (C=O) groups excluding carboxylic acids is 1. The van der Waals surface area contributed by atoms with E-state index in [4.69, 9.17) is 5.73 Å². The molecule has 0 fully saturated rings. The van der Waals surface area contributed by atoms with Gasteiger partial charge >= 0.3 is 0 Å². The number of non-ortho nitro benzene ring substituents is 1. The molecule has 0 aliphatic carbocycles. The van der Waals surface area contributed by atoms with Gasteiger partial charge in [0.05, 0.1) is 4.92 Å². The third-order valence-electron chi connectivity index (χ3n) is 4.60. The second-order valence-electron chi connectivity index (χ2n) is 7.53. The summed E-state index contributed by atoms with van der Waals surface area (Å²) in [6.45, 7) is 6.05. The summed E-state index contributed by atoms with van der Waals surface area (Å²) in [6.07, 6.45) is 7.18. The molecule has 0 atom stereocenters. The van der Waals surface area contributed by atoms with E-state index in [1.54, 1.807) is 12.1 Å². The van der Waals surface area contributed by atoms with Crippen LogP contribution in [0.2, 0.25) is 0 Å². The van der Waals surface area contributed by atoms with Crippen molar-refractivity contribution in [1.29, 1.82) is 0 Å². The summed E-state index contributed by atoms with van der Waals surface area (Å²) in [4.78, 5) is 23.5. The second kappa shape index (κ2) is 10.8. The van der Waals surface area contributed by atoms with Crippen molar-refractivity contribution in [3.63, 3.8) is 0 Å². The molecule has 2 aromatic heterocycles. The van der Waals surface area contributed by atoms with Crippen molar-refractivity contribution in [1.82, 2.24) is 30.7 Å². The number of carbonyl (C=O) groups is 1. The molecule has 0 unspecified atom stereocenters. The molecule has 34 heavy (non-hydrogen) atoms. The quantitative estimate of drug-likeness (QED) is 0.207. The smallest absolute Gasteiger partial charge is 0.294 e. The first-order chi connectivity index (χ1) is 16.3. The van der Waals surface area contributed by atoms with E-state index in [0.717, 1.165) is 23.1 Å². The highest BCUT2D eigenvalue weighted by Crippen LogP contribution is 2.28. The molecule has 0 aliphatic rings. The van der Waals surface area contributed by atoms with Gasteiger partial charge in [0.25, 0.3) is 11.6 Å². The van der Waals surface area contributed by atoms with Gasteiger partial charge < -0.3 is 5.73 Å². The lowest BCUT2D eigenvalue weighted by Crippen LogP contribution is -2.19. The van der Waals surface area contributed by atoms with Crippen LogP contribution in [-0.2, 0) is 0 Å². The number of nitrogen functional groups attached to an aromatic ring is 1. The molecule has 0 saturated heterocycles. The minimum atomic E-state index is -0.686. The molecule has 3 rings (SSSR count). The number of rotatable bonds is 9. The highest BCUT2D eigenvalue weighted by molar-refractivity contribution is 5.98. The molecule has 0 saturated carbocycles. The van der Waals surface area contributed by atoms with Crippen LogP contribution in [0.4, 0.5) is 11.5 Å². The maximum absolute atomic E-state index is 12.8. The molecule has 176 valence electrons. The number of hydrogen-bond acceptors (Lipinski definition) is 10. The SMILES string of the molecule is CC(C)=CCCC(C)=CC=NNC(=O)c1nnn(-c2nonc2N)c1-c1cccc([N+](=O)[O-])c1. The fourth-order valence-corrected chi connectivity index (χ4v) is 2.93. The van der Waals surface area contributed by atoms with E-state index in [1.807, 2.05) is 20.8 Å². The third kappa shape index (κ3) is 5.76. The molecular formula is C21H23N9O4. The summed E-state index contributed by atoms with van der Waals surface area (Å²) in [5, 5.41) is 30.2. The van der Waals surface area contributed by atoms with Crippen molar-refractivity contribution >= 4 is 23.6 Å². The predicted molar refractivity (Wildman–Crippen MR) is 124 cm³/mol. The first-order valence-corrected chi connectivity index (χ1v) is 10.2. The van der Waals surface area contributed by atoms with Crippen LogP contribution >= 0.6 is 0 Å². The van der Waals surface area contributed by atoms with Gasteiger partial charge in [0.1, 0.15) is 5.69 Å². The van der Waals surface area contributed by atoms with E-state index >= 15 is 0 Å². The van der Waals surface area contributed by atoms with Crippen LogP contribution in [0.1, 0.15) is 44.1 Å². The van der Waals surface area contributed by atoms with Gasteiger partial charge in [-0.15, -0.1) is 5.10 Å². The molecule has 13 nitrogen and oxygen atoms in total. The van der Waals surface area contributed by atoms with Crippen LogP contribution in [0.5, 0.6) is 0 Å². The van der Waals surface area contributed by atoms with Gasteiger partial charge in [-0.1, -0.05) is 34.6 Å². The molecule has 3 N–H and O–H groups in total. The number of nitrogens with two attached hydrogens (primary N) is 1. The van der Waals surface area contributed by atoms with Crippen molar-refractivity contribution in [2.45, 2.75) is 33.6 Å². The number of hydrazone groups is 1. The lowest BCUT2D eigenvalue weighted by molar-refractivity contribution is -0.384. The lowest BCUT2D eigenvalue weighted by atomic mass is 10.1. The average molecular weight is 465 g/mol. The first kappa shape index (κ1) is 24.0. The van der Waals surface area contributed by atoms with E-state index in [1.165, 1.54) is 30.0 Å². The fourth-order valence-electron chi connectivity index (χ4n) is 2.93. The van der Waals surface area contributed by atoms with Crippen molar-refractivity contribution in [2.75, 3.05) is 5.73 Å². The number of nitro groups is 1. The van der Waals surface area contributed by atoms with Crippen LogP contribution in [0, 0.1) is 10.1 Å². The molecule has 0 radical (unpaired) electrons. The first-order valence-electron chi connectivity index (χ1n) is 10.2. The van der Waals surface area contributed by atoms with Crippen molar-refractivity contribution in [3.8, 4) is 17.1 Å². The second-order valence-corrected chi connectivity index (χ2v) is 7.53. The topological polar surface area (TPSA) is 180 Å². The standard InChI is InChI=1S/C21H23N9O4/c1-13(2)6-4-7-14(3)10-11-23-25-21(31)17-18(15-8-5-9-16(12-15)30(32)33)29(28-24-17)20-19(22)26-34-27-20/h5-6,8-12H,4,7H2,1-3H3,(H2,22,26)(H,25,31). The fraction of sp³-hybridized carbons (Fsp3) is 0.238. The molecule has 2 heterocycles. The Hall–Kier alpha value is -4.68. The van der Waals surface area contributed by atoms with Crippen LogP contribution in [0.15, 0.2) is 57.3 Å². The van der Waals surface area contributed by atoms with Crippen molar-refractivity contribution < 1.29 is 14.3 Å². The van der Waals surface area contributed by atoms with Crippen LogP contribution in [-0.4, -0.2) is 42.4 Å². The number of nitrogens with zero attached hydrogens (tertiary/aromatic N) is 7. The number of anilines is 1. The normalized spacial score (nSPS) is 11.6. The van der Waals surface area contributed by atoms with Crippen LogP contribution in [0.25, 0.3) is 17.1 Å². The average Bonchev–Trinajstić information content (AvgIpc) is 3.42. The number of amides is 1. The summed E-state index contributed by atoms with van der Waals surface area (Å²) in [5.74, 6) is -0.809. The van der Waals surface area contributed by atoms with E-state index in [0.29, 0.717) is 0 Å². The minimum Gasteiger partial charge on any atom is -0.378 e. The van der Waals surface area contributed by atoms with Gasteiger partial charge in [0.2, 0.25) is 11.6 Å². The molecule has 0 spiro atoms. The number of aromatic nitrogens is 5. The highest BCUT2D eigenvalue weighted by atomic mass is 16.6. The number of nitro benzene ring substituents is 1. The Balaban J connectivity index is 1.88. The Morgan fingerprint density at radius 2 is 2.12 bits per heavy atom. The van der Waals surface area contributed by atoms with Gasteiger partial charge in [-0.3, -0.25) is 14.9 Å². The predicted octanol–water partition coefficient (Wildman–Crippen LogP) is 3.22. The monoisotopic (exact) mass is 465 g/mol. The molecular weight excluding hydrogens is 442 g/mol. The van der Waals surface area contributed by atoms with Gasteiger partial charge in [-0.2, -0.15) is 9.78 Å². The van der Waals surface area contributed by atoms with E-state index in [-0.39, 0.29) is 34.3 Å². The zero-order valence-corrected chi connectivity index (χ0v) is 18.8. The molecule has 0 bridgehead atoms. The van der Waals surface area contributed by atoms with Crippen LogP contribution in [0.3, 0.4) is 0 Å². The van der Waals surface area contributed by atoms with E-state index in [2.05, 4.69) is 41.9 Å². The van der Waals surface area contributed by atoms with Gasteiger partial charge in [0.15, 0.2) is 5.69 Å². The Bertz CT molecular complexity index is 1280. The number of allylic oxidation sites excluding steroid dienone is 4. The zero-order chi connectivity index (χ0) is 24.7. The largest absolute Gasteiger partial charge is 0.378 e. The maximum atomic E-state index is 12.8. The van der Waals surface area contributed by atoms with E-state index < -0.39 is 10.8 Å². The molecule has 0 aliphatic heterocycles. The summed E-state index contributed by atoms with van der Waals surface area (Å²) >= 11 is 0. The zero-order valence-electron chi connectivity index (χ0n) is 18.8. The Labute approximate surface area is 194 Å². The Morgan fingerprint density at radius 3 is 2.79 bits per heavy atom. The van der Waals surface area contributed by atoms with Crippen LogP contribution < -0.4 is 11.2 Å². The Kier molecular flexibility index (Phi) is 7.59. The summed E-state index contributed by atoms with van der Waals surface area (Å²) in [7, 11) is 0. The molecule has 13 heteroatoms. The Morgan fingerprint density at radius 1 is 1.32 bits per heavy atom. The van der Waals surface area contributed by atoms with Crippen molar-refractivity contribution in [2.24, 2.45) is 5.10 Å².